The highest BCUT2D eigenvalue weighted by molar-refractivity contribution is 5.71. The van der Waals surface area contributed by atoms with Crippen LogP contribution in [0.25, 0.3) is 0 Å². The Kier molecular flexibility index (Phi) is 8.60. The minimum absolute atomic E-state index is 0.0193. The fourth-order valence-corrected chi connectivity index (χ4v) is 5.69. The number of amides is 1. The van der Waals surface area contributed by atoms with E-state index in [1.165, 1.54) is 20.1 Å². The van der Waals surface area contributed by atoms with Gasteiger partial charge in [0.25, 0.3) is 0 Å². The van der Waals surface area contributed by atoms with Gasteiger partial charge in [-0.15, -0.1) is 0 Å². The zero-order chi connectivity index (χ0) is 30.3. The number of alkyl halides is 9. The molecule has 1 aliphatic heterocycles. The van der Waals surface area contributed by atoms with Crippen LogP contribution in [0.15, 0.2) is 36.4 Å². The van der Waals surface area contributed by atoms with Crippen LogP contribution in [0, 0.1) is 5.92 Å². The van der Waals surface area contributed by atoms with Crippen molar-refractivity contribution in [2.75, 3.05) is 7.11 Å². The van der Waals surface area contributed by atoms with E-state index in [0.29, 0.717) is 17.7 Å². The van der Waals surface area contributed by atoms with Crippen LogP contribution >= 0.6 is 0 Å². The Labute approximate surface area is 230 Å². The monoisotopic (exact) mass is 597 g/mol. The maximum Gasteiger partial charge on any atom is 0.416 e. The lowest BCUT2D eigenvalue weighted by atomic mass is 9.81. The van der Waals surface area contributed by atoms with Crippen LogP contribution in [0.3, 0.4) is 0 Å². The molecular weight excluding hydrogens is 569 g/mol. The molecule has 4 nitrogen and oxygen atoms in total. The largest absolute Gasteiger partial charge is 0.439 e. The number of ether oxygens (including phenoxy) is 2. The summed E-state index contributed by atoms with van der Waals surface area (Å²) in [5.41, 5.74) is -4.12. The van der Waals surface area contributed by atoms with Crippen LogP contribution in [0.5, 0.6) is 0 Å². The highest BCUT2D eigenvalue weighted by Gasteiger charge is 2.44. The van der Waals surface area contributed by atoms with Crippen molar-refractivity contribution in [3.05, 3.63) is 69.8 Å². The Balaban J connectivity index is 1.71. The summed E-state index contributed by atoms with van der Waals surface area (Å²) in [5.74, 6) is 0.0193. The summed E-state index contributed by atoms with van der Waals surface area (Å²) in [4.78, 5) is 13.9. The van der Waals surface area contributed by atoms with Crippen LogP contribution in [-0.4, -0.2) is 24.1 Å². The second-order valence-electron chi connectivity index (χ2n) is 10.5. The molecule has 0 radical (unpaired) electrons. The maximum absolute atomic E-state index is 13.6. The first-order valence-electron chi connectivity index (χ1n) is 13.0. The van der Waals surface area contributed by atoms with Crippen LogP contribution in [0.2, 0.25) is 0 Å². The zero-order valence-corrected chi connectivity index (χ0v) is 22.1. The van der Waals surface area contributed by atoms with E-state index >= 15 is 0 Å². The zero-order valence-electron chi connectivity index (χ0n) is 22.1. The number of halogens is 9. The van der Waals surface area contributed by atoms with Gasteiger partial charge in [0.15, 0.2) is 0 Å². The molecule has 0 N–H and O–H groups in total. The molecule has 4 rings (SSSR count). The highest BCUT2D eigenvalue weighted by atomic mass is 19.4. The van der Waals surface area contributed by atoms with E-state index in [1.54, 1.807) is 0 Å². The first kappa shape index (κ1) is 31.0. The quantitative estimate of drug-likeness (QED) is 0.312. The van der Waals surface area contributed by atoms with Crippen molar-refractivity contribution in [1.29, 1.82) is 0 Å². The smallest absolute Gasteiger partial charge is 0.416 e. The Bertz CT molecular complexity index is 1220. The number of hydrogen-bond acceptors (Lipinski definition) is 3. The number of methoxy groups -OCH3 is 1. The minimum atomic E-state index is -5.11. The van der Waals surface area contributed by atoms with Gasteiger partial charge < -0.3 is 9.47 Å². The third kappa shape index (κ3) is 6.76. The molecule has 0 spiro atoms. The van der Waals surface area contributed by atoms with Gasteiger partial charge in [0.1, 0.15) is 6.10 Å². The lowest BCUT2D eigenvalue weighted by Gasteiger charge is -2.32. The Morgan fingerprint density at radius 3 is 1.93 bits per heavy atom. The first-order chi connectivity index (χ1) is 19.0. The van der Waals surface area contributed by atoms with E-state index in [0.717, 1.165) is 49.1 Å². The Morgan fingerprint density at radius 1 is 0.854 bits per heavy atom. The standard InChI is InChI=1S/C28H28F9NO3/c1-15-23(17-10-20(27(32,33)34)13-21(11-17)28(35,36)37)41-25(39)38(15)14-18-12-19(26(29,30)31)8-9-22(18)24(40-2)16-6-4-3-5-7-16/h8-13,15-16,23-24H,3-7,14H2,1-2H3/t15-,23?,24-/m0/s1. The summed E-state index contributed by atoms with van der Waals surface area (Å²) in [6.45, 7) is 0.929. The Morgan fingerprint density at radius 2 is 1.41 bits per heavy atom. The second-order valence-corrected chi connectivity index (χ2v) is 10.5. The van der Waals surface area contributed by atoms with E-state index in [1.807, 2.05) is 0 Å². The summed E-state index contributed by atoms with van der Waals surface area (Å²) in [6.07, 6.45) is -13.6. The highest BCUT2D eigenvalue weighted by Crippen LogP contribution is 2.43. The fraction of sp³-hybridized carbons (Fsp3) is 0.536. The predicted molar refractivity (Wildman–Crippen MR) is 128 cm³/mol. The molecule has 1 saturated heterocycles. The molecule has 2 aromatic rings. The van der Waals surface area contributed by atoms with Gasteiger partial charge in [0.05, 0.1) is 28.8 Å². The molecular formula is C28H28F9NO3. The third-order valence-corrected chi connectivity index (χ3v) is 7.78. The average molecular weight is 598 g/mol. The summed E-state index contributed by atoms with van der Waals surface area (Å²) < 4.78 is 132. The van der Waals surface area contributed by atoms with E-state index in [-0.39, 0.29) is 17.5 Å². The van der Waals surface area contributed by atoms with Crippen LogP contribution in [-0.2, 0) is 34.5 Å². The molecule has 3 atom stereocenters. The SMILES string of the molecule is CO[C@H](c1ccc(C(F)(F)F)cc1CN1C(=O)OC(c2cc(C(F)(F)F)cc(C(F)(F)F)c2)[C@@H]1C)C1CCCCC1. The molecule has 41 heavy (non-hydrogen) atoms. The number of benzene rings is 2. The number of carbonyl (C=O) groups excluding carboxylic acids is 1. The van der Waals surface area contributed by atoms with E-state index in [2.05, 4.69) is 0 Å². The van der Waals surface area contributed by atoms with Crippen LogP contribution in [0.4, 0.5) is 44.3 Å². The molecule has 0 bridgehead atoms. The number of carbonyl (C=O) groups is 1. The predicted octanol–water partition coefficient (Wildman–Crippen LogP) is 9.09. The van der Waals surface area contributed by atoms with Crippen molar-refractivity contribution in [1.82, 2.24) is 4.90 Å². The van der Waals surface area contributed by atoms with Gasteiger partial charge in [0, 0.05) is 13.7 Å². The third-order valence-electron chi connectivity index (χ3n) is 7.78. The van der Waals surface area contributed by atoms with Gasteiger partial charge in [-0.1, -0.05) is 25.3 Å². The number of rotatable bonds is 6. The van der Waals surface area contributed by atoms with E-state index < -0.39 is 71.7 Å². The van der Waals surface area contributed by atoms with E-state index in [9.17, 15) is 44.3 Å². The van der Waals surface area contributed by atoms with E-state index in [4.69, 9.17) is 9.47 Å². The topological polar surface area (TPSA) is 38.8 Å². The summed E-state index contributed by atoms with van der Waals surface area (Å²) in [7, 11) is 1.44. The molecule has 226 valence electrons. The minimum Gasteiger partial charge on any atom is -0.439 e. The lowest BCUT2D eigenvalue weighted by molar-refractivity contribution is -0.143. The second kappa shape index (κ2) is 11.4. The fourth-order valence-electron chi connectivity index (χ4n) is 5.69. The lowest BCUT2D eigenvalue weighted by Crippen LogP contribution is -2.32. The molecule has 1 saturated carbocycles. The van der Waals surface area contributed by atoms with Crippen molar-refractivity contribution < 1.29 is 53.8 Å². The molecule has 1 amide bonds. The van der Waals surface area contributed by atoms with Crippen LogP contribution < -0.4 is 0 Å². The Hall–Kier alpha value is -2.96. The molecule has 1 unspecified atom stereocenters. The number of hydrogen-bond donors (Lipinski definition) is 0. The summed E-state index contributed by atoms with van der Waals surface area (Å²) in [6, 6.07) is 2.93. The number of cyclic esters (lactones) is 1. The van der Waals surface area contributed by atoms with Crippen molar-refractivity contribution in [3.8, 4) is 0 Å². The molecule has 2 aromatic carbocycles. The van der Waals surface area contributed by atoms with Gasteiger partial charge in [-0.2, -0.15) is 39.5 Å². The van der Waals surface area contributed by atoms with Gasteiger partial charge >= 0.3 is 24.6 Å². The maximum atomic E-state index is 13.6. The van der Waals surface area contributed by atoms with Crippen LogP contribution in [0.1, 0.15) is 84.6 Å². The molecule has 2 aliphatic rings. The first-order valence-corrected chi connectivity index (χ1v) is 13.0. The van der Waals surface area contributed by atoms with Crippen molar-refractivity contribution in [2.45, 2.75) is 82.4 Å². The van der Waals surface area contributed by atoms with Gasteiger partial charge in [-0.05, 0) is 72.7 Å². The van der Waals surface area contributed by atoms with Gasteiger partial charge in [0.2, 0.25) is 0 Å². The molecule has 0 aromatic heterocycles. The molecule has 1 aliphatic carbocycles. The van der Waals surface area contributed by atoms with Gasteiger partial charge in [-0.25, -0.2) is 4.79 Å². The van der Waals surface area contributed by atoms with Crippen molar-refractivity contribution in [2.24, 2.45) is 5.92 Å². The summed E-state index contributed by atoms with van der Waals surface area (Å²) in [5, 5.41) is 0. The summed E-state index contributed by atoms with van der Waals surface area (Å²) >= 11 is 0. The average Bonchev–Trinajstić information content (AvgIpc) is 3.17. The molecule has 2 fully saturated rings. The number of nitrogens with zero attached hydrogens (tertiary/aromatic N) is 1. The van der Waals surface area contributed by atoms with Crippen molar-refractivity contribution in [3.63, 3.8) is 0 Å². The van der Waals surface area contributed by atoms with Gasteiger partial charge in [-0.3, -0.25) is 4.90 Å². The molecule has 1 heterocycles. The molecule has 13 heteroatoms. The normalized spacial score (nSPS) is 21.7. The van der Waals surface area contributed by atoms with Crippen molar-refractivity contribution >= 4 is 6.09 Å².